The van der Waals surface area contributed by atoms with Crippen molar-refractivity contribution in [3.05, 3.63) is 76.2 Å². The van der Waals surface area contributed by atoms with Crippen molar-refractivity contribution in [3.8, 4) is 11.5 Å². The van der Waals surface area contributed by atoms with Gasteiger partial charge in [-0.05, 0) is 36.4 Å². The average Bonchev–Trinajstić information content (AvgIpc) is 3.27. The molecular weight excluding hydrogens is 455 g/mol. The van der Waals surface area contributed by atoms with E-state index in [4.69, 9.17) is 9.47 Å². The van der Waals surface area contributed by atoms with Gasteiger partial charge in [-0.15, -0.1) is 0 Å². The highest BCUT2D eigenvalue weighted by atomic mass is 32.2. The number of benzene rings is 2. The molecule has 0 unspecified atom stereocenters. The second-order valence-electron chi connectivity index (χ2n) is 6.64. The standard InChI is InChI=1S/C21H15FN4O6S/c22-15-5-3-12(8-16(15)26(29)30)25-20(28)14-2-1-7-23-21(14)33-10-19(27)24-13-4-6-17-18(9-13)32-11-31-17/h1-9H,10-11H2,(H,24,27)(H,25,28). The van der Waals surface area contributed by atoms with Crippen LogP contribution in [0.5, 0.6) is 11.5 Å². The van der Waals surface area contributed by atoms with Gasteiger partial charge < -0.3 is 20.1 Å². The number of fused-ring (bicyclic) bond motifs is 1. The minimum absolute atomic E-state index is 0.0340. The number of carbonyl (C=O) groups is 2. The summed E-state index contributed by atoms with van der Waals surface area (Å²) in [5, 5.41) is 16.4. The van der Waals surface area contributed by atoms with Gasteiger partial charge in [-0.2, -0.15) is 4.39 Å². The molecule has 3 aromatic rings. The van der Waals surface area contributed by atoms with E-state index in [1.807, 2.05) is 0 Å². The van der Waals surface area contributed by atoms with E-state index in [1.165, 1.54) is 18.3 Å². The number of rotatable bonds is 7. The molecule has 33 heavy (non-hydrogen) atoms. The molecule has 0 atom stereocenters. The Bertz CT molecular complexity index is 1260. The lowest BCUT2D eigenvalue weighted by Crippen LogP contribution is -2.16. The summed E-state index contributed by atoms with van der Waals surface area (Å²) in [5.41, 5.74) is -0.0191. The molecule has 12 heteroatoms. The van der Waals surface area contributed by atoms with E-state index < -0.39 is 22.3 Å². The van der Waals surface area contributed by atoms with Gasteiger partial charge in [0.15, 0.2) is 11.5 Å². The maximum Gasteiger partial charge on any atom is 0.306 e. The summed E-state index contributed by atoms with van der Waals surface area (Å²) in [7, 11) is 0. The van der Waals surface area contributed by atoms with E-state index in [-0.39, 0.29) is 34.7 Å². The number of anilines is 2. The molecule has 2 N–H and O–H groups in total. The van der Waals surface area contributed by atoms with Crippen LogP contribution in [0.1, 0.15) is 10.4 Å². The molecule has 0 radical (unpaired) electrons. The van der Waals surface area contributed by atoms with Crippen LogP contribution in [-0.4, -0.2) is 34.3 Å². The first-order valence-corrected chi connectivity index (χ1v) is 10.4. The molecule has 0 bridgehead atoms. The number of pyridine rings is 1. The Balaban J connectivity index is 1.41. The fourth-order valence-corrected chi connectivity index (χ4v) is 3.70. The maximum atomic E-state index is 13.5. The zero-order chi connectivity index (χ0) is 23.4. The minimum Gasteiger partial charge on any atom is -0.454 e. The molecule has 10 nitrogen and oxygen atoms in total. The fraction of sp³-hybridized carbons (Fsp3) is 0.0952. The van der Waals surface area contributed by atoms with E-state index in [0.29, 0.717) is 17.2 Å². The van der Waals surface area contributed by atoms with Gasteiger partial charge in [0.05, 0.1) is 16.2 Å². The highest BCUT2D eigenvalue weighted by Gasteiger charge is 2.19. The molecule has 1 aromatic heterocycles. The predicted octanol–water partition coefficient (Wildman–Crippen LogP) is 3.84. The van der Waals surface area contributed by atoms with Crippen molar-refractivity contribution in [2.75, 3.05) is 23.2 Å². The number of nitrogens with zero attached hydrogens (tertiary/aromatic N) is 2. The SMILES string of the molecule is O=C(CSc1ncccc1C(=O)Nc1ccc(F)c([N+](=O)[O-])c1)Nc1ccc2c(c1)OCO2. The van der Waals surface area contributed by atoms with Gasteiger partial charge in [0.1, 0.15) is 5.03 Å². The third kappa shape index (κ3) is 5.18. The van der Waals surface area contributed by atoms with E-state index in [1.54, 1.807) is 24.3 Å². The number of amides is 2. The zero-order valence-corrected chi connectivity index (χ0v) is 17.6. The molecule has 0 fully saturated rings. The molecule has 0 spiro atoms. The molecule has 4 rings (SSSR count). The van der Waals surface area contributed by atoms with Gasteiger partial charge in [0.25, 0.3) is 5.91 Å². The van der Waals surface area contributed by atoms with Crippen LogP contribution in [0.2, 0.25) is 0 Å². The Morgan fingerprint density at radius 2 is 1.85 bits per heavy atom. The molecule has 0 saturated carbocycles. The van der Waals surface area contributed by atoms with Crippen molar-refractivity contribution in [3.63, 3.8) is 0 Å². The quantitative estimate of drug-likeness (QED) is 0.302. The second-order valence-corrected chi connectivity index (χ2v) is 7.60. The van der Waals surface area contributed by atoms with Crippen LogP contribution >= 0.6 is 11.8 Å². The number of hydrogen-bond donors (Lipinski definition) is 2. The van der Waals surface area contributed by atoms with Crippen LogP contribution in [0, 0.1) is 15.9 Å². The third-order valence-electron chi connectivity index (χ3n) is 4.41. The number of carbonyl (C=O) groups excluding carboxylic acids is 2. The average molecular weight is 470 g/mol. The van der Waals surface area contributed by atoms with Gasteiger partial charge in [0.2, 0.25) is 18.5 Å². The normalized spacial score (nSPS) is 11.7. The van der Waals surface area contributed by atoms with Crippen molar-refractivity contribution in [1.29, 1.82) is 0 Å². The Labute approximate surface area is 190 Å². The van der Waals surface area contributed by atoms with Gasteiger partial charge in [0, 0.05) is 29.7 Å². The van der Waals surface area contributed by atoms with Crippen molar-refractivity contribution in [2.24, 2.45) is 0 Å². The van der Waals surface area contributed by atoms with Gasteiger partial charge in [-0.1, -0.05) is 11.8 Å². The molecule has 1 aliphatic heterocycles. The van der Waals surface area contributed by atoms with E-state index in [0.717, 1.165) is 23.9 Å². The first kappa shape index (κ1) is 22.0. The van der Waals surface area contributed by atoms with Crippen LogP contribution in [0.25, 0.3) is 0 Å². The molecule has 2 amide bonds. The summed E-state index contributed by atoms with van der Waals surface area (Å²) < 4.78 is 24.0. The first-order chi connectivity index (χ1) is 15.9. The summed E-state index contributed by atoms with van der Waals surface area (Å²) in [6.45, 7) is 0.123. The smallest absolute Gasteiger partial charge is 0.306 e. The number of aromatic nitrogens is 1. The summed E-state index contributed by atoms with van der Waals surface area (Å²) >= 11 is 1.04. The number of nitrogens with one attached hydrogen (secondary N) is 2. The summed E-state index contributed by atoms with van der Waals surface area (Å²) in [4.78, 5) is 39.2. The van der Waals surface area contributed by atoms with Crippen molar-refractivity contribution in [2.45, 2.75) is 5.03 Å². The predicted molar refractivity (Wildman–Crippen MR) is 117 cm³/mol. The summed E-state index contributed by atoms with van der Waals surface area (Å²) in [6, 6.07) is 11.1. The molecule has 1 aliphatic rings. The number of hydrogen-bond acceptors (Lipinski definition) is 8. The Kier molecular flexibility index (Phi) is 6.36. The van der Waals surface area contributed by atoms with Crippen LogP contribution in [0.3, 0.4) is 0 Å². The third-order valence-corrected chi connectivity index (χ3v) is 5.42. The lowest BCUT2D eigenvalue weighted by molar-refractivity contribution is -0.387. The molecule has 2 heterocycles. The topological polar surface area (TPSA) is 133 Å². The highest BCUT2D eigenvalue weighted by Crippen LogP contribution is 2.34. The largest absolute Gasteiger partial charge is 0.454 e. The number of halogens is 1. The Hall–Kier alpha value is -4.19. The number of nitro benzene ring substituents is 1. The maximum absolute atomic E-state index is 13.5. The fourth-order valence-electron chi connectivity index (χ4n) is 2.91. The van der Waals surface area contributed by atoms with Crippen LogP contribution in [0.4, 0.5) is 21.5 Å². The molecule has 2 aromatic carbocycles. The number of ether oxygens (including phenoxy) is 2. The molecule has 0 saturated heterocycles. The van der Waals surface area contributed by atoms with Gasteiger partial charge >= 0.3 is 5.69 Å². The zero-order valence-electron chi connectivity index (χ0n) is 16.7. The van der Waals surface area contributed by atoms with Crippen LogP contribution in [-0.2, 0) is 4.79 Å². The lowest BCUT2D eigenvalue weighted by atomic mass is 10.2. The molecular formula is C21H15FN4O6S. The van der Waals surface area contributed by atoms with E-state index in [2.05, 4.69) is 15.6 Å². The van der Waals surface area contributed by atoms with E-state index >= 15 is 0 Å². The summed E-state index contributed by atoms with van der Waals surface area (Å²) in [6.07, 6.45) is 1.47. The van der Waals surface area contributed by atoms with Crippen molar-refractivity contribution in [1.82, 2.24) is 4.98 Å². The second kappa shape index (κ2) is 9.53. The Morgan fingerprint density at radius 1 is 1.09 bits per heavy atom. The first-order valence-electron chi connectivity index (χ1n) is 9.43. The molecule has 0 aliphatic carbocycles. The van der Waals surface area contributed by atoms with Crippen LogP contribution in [0.15, 0.2) is 59.8 Å². The minimum atomic E-state index is -1.01. The molecule has 168 valence electrons. The van der Waals surface area contributed by atoms with Crippen molar-refractivity contribution >= 4 is 40.6 Å². The van der Waals surface area contributed by atoms with Crippen LogP contribution < -0.4 is 20.1 Å². The van der Waals surface area contributed by atoms with Crippen molar-refractivity contribution < 1.29 is 28.4 Å². The van der Waals surface area contributed by atoms with Gasteiger partial charge in [-0.25, -0.2) is 4.98 Å². The number of nitro groups is 1. The summed E-state index contributed by atoms with van der Waals surface area (Å²) in [5.74, 6) is -0.853. The van der Waals surface area contributed by atoms with Gasteiger partial charge in [-0.3, -0.25) is 19.7 Å². The lowest BCUT2D eigenvalue weighted by Gasteiger charge is -2.10. The van der Waals surface area contributed by atoms with E-state index in [9.17, 15) is 24.1 Å². The highest BCUT2D eigenvalue weighted by molar-refractivity contribution is 8.00. The Morgan fingerprint density at radius 3 is 2.67 bits per heavy atom. The number of thioether (sulfide) groups is 1. The monoisotopic (exact) mass is 470 g/mol.